The second-order valence-corrected chi connectivity index (χ2v) is 6.73. The van der Waals surface area contributed by atoms with Gasteiger partial charge in [-0.25, -0.2) is 8.96 Å². The zero-order chi connectivity index (χ0) is 22.2. The topological polar surface area (TPSA) is 53.5 Å². The van der Waals surface area contributed by atoms with E-state index in [4.69, 9.17) is 0 Å². The zero-order valence-corrected chi connectivity index (χ0v) is 16.1. The van der Waals surface area contributed by atoms with Gasteiger partial charge in [0.1, 0.15) is 11.6 Å². The fourth-order valence-corrected chi connectivity index (χ4v) is 3.20. The van der Waals surface area contributed by atoms with Crippen LogP contribution >= 0.6 is 0 Å². The number of alkyl halides is 3. The Morgan fingerprint density at radius 2 is 1.74 bits per heavy atom. The second-order valence-electron chi connectivity index (χ2n) is 6.73. The largest absolute Gasteiger partial charge is 0.856 e. The molecule has 0 saturated heterocycles. The molecule has 0 unspecified atom stereocenters. The summed E-state index contributed by atoms with van der Waals surface area (Å²) in [6, 6.07) is 16.0. The van der Waals surface area contributed by atoms with Gasteiger partial charge >= 0.3 is 6.36 Å². The van der Waals surface area contributed by atoms with Crippen molar-refractivity contribution in [2.75, 3.05) is 0 Å². The van der Waals surface area contributed by atoms with E-state index < -0.39 is 23.8 Å². The number of halogens is 4. The molecule has 3 aromatic carbocycles. The van der Waals surface area contributed by atoms with Gasteiger partial charge in [0.25, 0.3) is 6.33 Å². The van der Waals surface area contributed by atoms with Crippen molar-refractivity contribution in [1.82, 2.24) is 4.68 Å². The summed E-state index contributed by atoms with van der Waals surface area (Å²) in [6.07, 6.45) is -3.17. The molecule has 0 N–H and O–H groups in total. The lowest BCUT2D eigenvalue weighted by Crippen LogP contribution is -2.25. The molecule has 0 saturated carbocycles. The fourth-order valence-electron chi connectivity index (χ4n) is 3.20. The number of benzene rings is 3. The van der Waals surface area contributed by atoms with Crippen molar-refractivity contribution < 1.29 is 32.0 Å². The zero-order valence-electron chi connectivity index (χ0n) is 16.1. The molecule has 0 aliphatic carbocycles. The molecule has 1 heterocycles. The van der Waals surface area contributed by atoms with Gasteiger partial charge in [-0.15, -0.1) is 17.8 Å². The van der Waals surface area contributed by atoms with Crippen LogP contribution < -0.4 is 14.4 Å². The summed E-state index contributed by atoms with van der Waals surface area (Å²) in [5, 5.41) is 16.6. The maximum atomic E-state index is 14.6. The van der Waals surface area contributed by atoms with Crippen molar-refractivity contribution in [3.63, 3.8) is 0 Å². The third-order valence-corrected chi connectivity index (χ3v) is 4.60. The molecule has 0 amide bonds. The van der Waals surface area contributed by atoms with Crippen LogP contribution in [0.25, 0.3) is 22.2 Å². The van der Waals surface area contributed by atoms with Crippen molar-refractivity contribution in [2.24, 2.45) is 12.1 Å². The van der Waals surface area contributed by atoms with Crippen molar-refractivity contribution in [1.29, 1.82) is 0 Å². The maximum absolute atomic E-state index is 14.6. The van der Waals surface area contributed by atoms with Crippen molar-refractivity contribution in [3.05, 3.63) is 84.4 Å². The summed E-state index contributed by atoms with van der Waals surface area (Å²) in [5.41, 5.74) is 2.10. The molecule has 4 rings (SSSR count). The molecule has 0 aliphatic rings. The Labute approximate surface area is 174 Å². The van der Waals surface area contributed by atoms with Gasteiger partial charge in [-0.05, 0) is 41.5 Å². The van der Waals surface area contributed by atoms with Crippen molar-refractivity contribution in [2.45, 2.75) is 6.36 Å². The van der Waals surface area contributed by atoms with Crippen LogP contribution in [0.4, 0.5) is 17.6 Å². The molecule has 0 atom stereocenters. The molecular weight excluding hydrogens is 414 g/mol. The van der Waals surface area contributed by atoms with Gasteiger partial charge in [-0.2, -0.15) is 0 Å². The van der Waals surface area contributed by atoms with Crippen LogP contribution in [0.3, 0.4) is 0 Å². The number of ether oxygens (including phenoxy) is 1. The molecule has 31 heavy (non-hydrogen) atoms. The Kier molecular flexibility index (Phi) is 5.10. The van der Waals surface area contributed by atoms with Crippen LogP contribution in [0.1, 0.15) is 5.56 Å². The lowest BCUT2D eigenvalue weighted by molar-refractivity contribution is -0.645. The average molecular weight is 429 g/mol. The standard InChI is InChI=1S/C22H15F4N3O2/c1-28-13-29(20-5-3-2-4-19(20)28)27-21(30)15-8-11-17(18(23)12-15)14-6-9-16(10-7-14)31-22(24,25)26/h2-13H,1H3. The minimum Gasteiger partial charge on any atom is -0.856 e. The highest BCUT2D eigenvalue weighted by Gasteiger charge is 2.31. The first-order valence-corrected chi connectivity index (χ1v) is 9.09. The monoisotopic (exact) mass is 429 g/mol. The van der Waals surface area contributed by atoms with Crippen LogP contribution in [0.2, 0.25) is 0 Å². The normalized spacial score (nSPS) is 12.4. The lowest BCUT2D eigenvalue weighted by Gasteiger charge is -2.12. The number of hydrogen-bond donors (Lipinski definition) is 0. The van der Waals surface area contributed by atoms with Crippen LogP contribution in [-0.2, 0) is 7.05 Å². The van der Waals surface area contributed by atoms with Crippen LogP contribution in [0.15, 0.2) is 78.2 Å². The Balaban J connectivity index is 1.62. The summed E-state index contributed by atoms with van der Waals surface area (Å²) in [7, 11) is 1.82. The number of hydrogen-bond acceptors (Lipinski definition) is 3. The highest BCUT2D eigenvalue weighted by atomic mass is 19.4. The average Bonchev–Trinajstić information content (AvgIpc) is 3.03. The van der Waals surface area contributed by atoms with Gasteiger partial charge in [-0.3, -0.25) is 0 Å². The molecule has 5 nitrogen and oxygen atoms in total. The first-order chi connectivity index (χ1) is 14.7. The predicted molar refractivity (Wildman–Crippen MR) is 104 cm³/mol. The van der Waals surface area contributed by atoms with E-state index in [9.17, 15) is 22.7 Å². The van der Waals surface area contributed by atoms with Crippen molar-refractivity contribution >= 4 is 16.9 Å². The first-order valence-electron chi connectivity index (χ1n) is 9.09. The minimum absolute atomic E-state index is 0.0405. The number of imidazole rings is 1. The maximum Gasteiger partial charge on any atom is 0.573 e. The fraction of sp³-hybridized carbons (Fsp3) is 0.0909. The van der Waals surface area contributed by atoms with E-state index in [1.165, 1.54) is 28.9 Å². The van der Waals surface area contributed by atoms with Crippen LogP contribution in [0.5, 0.6) is 5.75 Å². The van der Waals surface area contributed by atoms with E-state index in [0.717, 1.165) is 29.2 Å². The number of aryl methyl sites for hydroxylation is 1. The van der Waals surface area contributed by atoms with E-state index >= 15 is 0 Å². The molecule has 0 bridgehead atoms. The third kappa shape index (κ3) is 4.35. The molecule has 1 aromatic heterocycles. The molecule has 0 radical (unpaired) electrons. The molecule has 0 spiro atoms. The summed E-state index contributed by atoms with van der Waals surface area (Å²) in [5.74, 6) is -1.75. The van der Waals surface area contributed by atoms with Gasteiger partial charge < -0.3 is 9.84 Å². The number of fused-ring (bicyclic) bond motifs is 1. The van der Waals surface area contributed by atoms with E-state index in [2.05, 4.69) is 9.84 Å². The highest BCUT2D eigenvalue weighted by molar-refractivity contribution is 5.91. The summed E-state index contributed by atoms with van der Waals surface area (Å²) < 4.78 is 58.5. The van der Waals surface area contributed by atoms with E-state index in [1.807, 2.05) is 35.9 Å². The van der Waals surface area contributed by atoms with E-state index in [0.29, 0.717) is 5.56 Å². The van der Waals surface area contributed by atoms with Gasteiger partial charge in [0, 0.05) is 11.5 Å². The number of aromatic nitrogens is 2. The predicted octanol–water partition coefficient (Wildman–Crippen LogP) is 3.74. The molecule has 9 heteroatoms. The summed E-state index contributed by atoms with van der Waals surface area (Å²) in [4.78, 5) is 0. The second kappa shape index (κ2) is 7.75. The van der Waals surface area contributed by atoms with Gasteiger partial charge in [0.2, 0.25) is 5.52 Å². The quantitative estimate of drug-likeness (QED) is 0.215. The number of nitrogens with zero attached hydrogens (tertiary/aromatic N) is 3. The SMILES string of the molecule is C[n+]1cn(/N=C(\[O-])c2ccc(-c3ccc(OC(F)(F)F)cc3)c(F)c2)c2ccccc21. The highest BCUT2D eigenvalue weighted by Crippen LogP contribution is 2.28. The third-order valence-electron chi connectivity index (χ3n) is 4.60. The smallest absolute Gasteiger partial charge is 0.573 e. The Bertz CT molecular complexity index is 1280. The minimum atomic E-state index is -4.81. The lowest BCUT2D eigenvalue weighted by atomic mass is 10.0. The van der Waals surface area contributed by atoms with Crippen LogP contribution in [0, 0.1) is 5.82 Å². The Hall–Kier alpha value is -3.88. The van der Waals surface area contributed by atoms with Crippen LogP contribution in [-0.4, -0.2) is 16.9 Å². The molecule has 158 valence electrons. The Morgan fingerprint density at radius 1 is 1.03 bits per heavy atom. The van der Waals surface area contributed by atoms with Gasteiger partial charge in [-0.1, -0.05) is 41.5 Å². The molecule has 0 aliphatic heterocycles. The van der Waals surface area contributed by atoms with E-state index in [1.54, 1.807) is 6.33 Å². The van der Waals surface area contributed by atoms with Gasteiger partial charge in [0.15, 0.2) is 5.52 Å². The number of para-hydroxylation sites is 2. The molecule has 0 fully saturated rings. The molecule has 4 aromatic rings. The van der Waals surface area contributed by atoms with Crippen molar-refractivity contribution in [3.8, 4) is 16.9 Å². The van der Waals surface area contributed by atoms with E-state index in [-0.39, 0.29) is 11.1 Å². The number of rotatable bonds is 4. The summed E-state index contributed by atoms with van der Waals surface area (Å²) >= 11 is 0. The molecular formula is C22H15F4N3O2. The van der Waals surface area contributed by atoms with Gasteiger partial charge in [0.05, 0.1) is 7.05 Å². The first kappa shape index (κ1) is 20.4. The summed E-state index contributed by atoms with van der Waals surface area (Å²) in [6.45, 7) is 0. The Morgan fingerprint density at radius 3 is 2.42 bits per heavy atom.